The third kappa shape index (κ3) is 4.12. The summed E-state index contributed by atoms with van der Waals surface area (Å²) in [5, 5.41) is 2.85. The molecule has 0 amide bonds. The van der Waals surface area contributed by atoms with Crippen LogP contribution in [-0.4, -0.2) is 55.6 Å². The molecule has 4 aliphatic carbocycles. The number of piperidine rings is 1. The van der Waals surface area contributed by atoms with E-state index >= 15 is 0 Å². The van der Waals surface area contributed by atoms with Crippen molar-refractivity contribution in [3.05, 3.63) is 49.1 Å². The Kier molecular flexibility index (Phi) is 6.14. The first-order valence-electron chi connectivity index (χ1n) is 14.6. The van der Waals surface area contributed by atoms with Crippen LogP contribution in [0, 0.1) is 29.1 Å². The highest BCUT2D eigenvalue weighted by Gasteiger charge is 2.55. The van der Waals surface area contributed by atoms with Crippen LogP contribution in [0.1, 0.15) is 51.4 Å². The molecule has 3 nitrogen and oxygen atoms in total. The van der Waals surface area contributed by atoms with E-state index in [2.05, 4.69) is 70.2 Å². The van der Waals surface area contributed by atoms with Crippen LogP contribution in [0.5, 0.6) is 0 Å². The lowest BCUT2D eigenvalue weighted by molar-refractivity contribution is -0.103. The highest BCUT2D eigenvalue weighted by Crippen LogP contribution is 2.62. The quantitative estimate of drug-likeness (QED) is 0.282. The highest BCUT2D eigenvalue weighted by molar-refractivity contribution is 8.01. The Morgan fingerprint density at radius 1 is 1.03 bits per heavy atom. The van der Waals surface area contributed by atoms with Crippen LogP contribution in [0.4, 0.5) is 5.69 Å². The summed E-state index contributed by atoms with van der Waals surface area (Å²) in [6, 6.07) is 14.3. The molecule has 8 rings (SSSR count). The van der Waals surface area contributed by atoms with Gasteiger partial charge in [-0.25, -0.2) is 0 Å². The van der Waals surface area contributed by atoms with Crippen molar-refractivity contribution in [2.75, 3.05) is 44.1 Å². The summed E-state index contributed by atoms with van der Waals surface area (Å²) in [6.07, 6.45) is 13.9. The zero-order valence-electron chi connectivity index (χ0n) is 22.1. The second-order valence-electron chi connectivity index (χ2n) is 13.1. The summed E-state index contributed by atoms with van der Waals surface area (Å²) >= 11 is 1.96. The molecule has 1 atom stereocenters. The van der Waals surface area contributed by atoms with Crippen molar-refractivity contribution in [1.29, 1.82) is 0 Å². The largest absolute Gasteiger partial charge is 0.311 e. The lowest BCUT2D eigenvalue weighted by atomic mass is 9.47. The third-order valence-electron chi connectivity index (χ3n) is 10.6. The number of anilines is 1. The molecule has 0 aromatic heterocycles. The smallest absolute Gasteiger partial charge is 0.0563 e. The SMILES string of the molecule is C=CCN(C)C(CN1CCC(CN2Sc3cccc4cccc2c34)CC1)C12CC3CC(CC(C3)C1)C2. The van der Waals surface area contributed by atoms with Crippen LogP contribution in [0.3, 0.4) is 0 Å². The van der Waals surface area contributed by atoms with E-state index < -0.39 is 0 Å². The Balaban J connectivity index is 1.01. The van der Waals surface area contributed by atoms with Crippen molar-refractivity contribution >= 4 is 28.4 Å². The molecule has 4 saturated carbocycles. The molecule has 0 N–H and O–H groups in total. The second kappa shape index (κ2) is 9.36. The van der Waals surface area contributed by atoms with Gasteiger partial charge in [-0.2, -0.15) is 0 Å². The van der Waals surface area contributed by atoms with Crippen molar-refractivity contribution in [3.63, 3.8) is 0 Å². The Hall–Kier alpha value is -1.49. The zero-order valence-corrected chi connectivity index (χ0v) is 22.9. The topological polar surface area (TPSA) is 9.72 Å². The molecule has 0 spiro atoms. The third-order valence-corrected chi connectivity index (χ3v) is 11.7. The predicted octanol–water partition coefficient (Wildman–Crippen LogP) is 7.08. The summed E-state index contributed by atoms with van der Waals surface area (Å²) in [5.41, 5.74) is 2.00. The van der Waals surface area contributed by atoms with Crippen LogP contribution in [0.2, 0.25) is 0 Å². The standard InChI is InChI=1S/C32H43N3S/c1-3-12-33(2)30(32-18-24-15-25(19-32)17-26(16-24)20-32)22-34-13-10-23(11-14-34)21-35-28-8-4-6-27-7-5-9-29(36-35)31(27)28/h3-9,23-26,30H,1,10-22H2,2H3. The van der Waals surface area contributed by atoms with Gasteiger partial charge in [0.25, 0.3) is 0 Å². The molecule has 4 bridgehead atoms. The van der Waals surface area contributed by atoms with Gasteiger partial charge in [0.1, 0.15) is 0 Å². The zero-order chi connectivity index (χ0) is 24.3. The molecular formula is C32H43N3S. The Morgan fingerprint density at radius 2 is 1.69 bits per heavy atom. The summed E-state index contributed by atoms with van der Waals surface area (Å²) < 4.78 is 2.59. The Morgan fingerprint density at radius 3 is 2.36 bits per heavy atom. The average Bonchev–Trinajstić information content (AvgIpc) is 3.22. The van der Waals surface area contributed by atoms with Gasteiger partial charge in [0.05, 0.1) is 5.69 Å². The van der Waals surface area contributed by atoms with Crippen LogP contribution in [-0.2, 0) is 0 Å². The number of hydrogen-bond acceptors (Lipinski definition) is 4. The summed E-state index contributed by atoms with van der Waals surface area (Å²) in [5.74, 6) is 3.86. The number of rotatable bonds is 8. The van der Waals surface area contributed by atoms with E-state index in [1.807, 2.05) is 11.9 Å². The van der Waals surface area contributed by atoms with Crippen molar-refractivity contribution in [2.24, 2.45) is 29.1 Å². The molecule has 6 aliphatic rings. The van der Waals surface area contributed by atoms with Gasteiger partial charge in [0, 0.05) is 36.0 Å². The Labute approximate surface area is 222 Å². The first-order valence-corrected chi connectivity index (χ1v) is 15.4. The molecule has 1 unspecified atom stereocenters. The lowest BCUT2D eigenvalue weighted by Gasteiger charge is -2.61. The van der Waals surface area contributed by atoms with Crippen LogP contribution >= 0.6 is 11.9 Å². The minimum absolute atomic E-state index is 0.569. The van der Waals surface area contributed by atoms with E-state index in [1.54, 1.807) is 0 Å². The van der Waals surface area contributed by atoms with Gasteiger partial charge >= 0.3 is 0 Å². The normalized spacial score (nSPS) is 32.6. The van der Waals surface area contributed by atoms with Gasteiger partial charge in [-0.15, -0.1) is 6.58 Å². The van der Waals surface area contributed by atoms with Gasteiger partial charge in [0.2, 0.25) is 0 Å². The summed E-state index contributed by atoms with van der Waals surface area (Å²) in [4.78, 5) is 6.96. The molecule has 2 aromatic rings. The van der Waals surface area contributed by atoms with E-state index in [4.69, 9.17) is 0 Å². The van der Waals surface area contributed by atoms with Gasteiger partial charge in [-0.05, 0) is 130 Å². The number of hydrogen-bond donors (Lipinski definition) is 0. The number of nitrogens with zero attached hydrogens (tertiary/aromatic N) is 3. The van der Waals surface area contributed by atoms with Crippen LogP contribution in [0.25, 0.3) is 10.8 Å². The predicted molar refractivity (Wildman–Crippen MR) is 154 cm³/mol. The van der Waals surface area contributed by atoms with E-state index in [1.165, 1.54) is 98.9 Å². The highest BCUT2D eigenvalue weighted by atomic mass is 32.2. The number of benzene rings is 2. The van der Waals surface area contributed by atoms with Crippen molar-refractivity contribution < 1.29 is 0 Å². The minimum atomic E-state index is 0.569. The summed E-state index contributed by atoms with van der Waals surface area (Å²) in [6.45, 7) is 10.1. The van der Waals surface area contributed by atoms with E-state index in [0.29, 0.717) is 11.5 Å². The van der Waals surface area contributed by atoms with E-state index in [0.717, 1.165) is 30.2 Å². The first kappa shape index (κ1) is 23.6. The van der Waals surface area contributed by atoms with Crippen LogP contribution in [0.15, 0.2) is 53.9 Å². The van der Waals surface area contributed by atoms with Crippen molar-refractivity contribution in [3.8, 4) is 0 Å². The first-order chi connectivity index (χ1) is 17.6. The van der Waals surface area contributed by atoms with E-state index in [9.17, 15) is 0 Å². The molecular weight excluding hydrogens is 458 g/mol. The average molecular weight is 502 g/mol. The van der Waals surface area contributed by atoms with Gasteiger partial charge < -0.3 is 9.21 Å². The monoisotopic (exact) mass is 501 g/mol. The molecule has 1 saturated heterocycles. The van der Waals surface area contributed by atoms with Crippen molar-refractivity contribution in [2.45, 2.75) is 62.3 Å². The van der Waals surface area contributed by atoms with Gasteiger partial charge in [0.15, 0.2) is 0 Å². The maximum Gasteiger partial charge on any atom is 0.0563 e. The molecule has 36 heavy (non-hydrogen) atoms. The molecule has 4 heteroatoms. The van der Waals surface area contributed by atoms with E-state index in [-0.39, 0.29) is 0 Å². The molecule has 5 fully saturated rings. The maximum absolute atomic E-state index is 4.10. The van der Waals surface area contributed by atoms with Gasteiger partial charge in [-0.1, -0.05) is 30.3 Å². The second-order valence-corrected chi connectivity index (χ2v) is 14.1. The summed E-state index contributed by atoms with van der Waals surface area (Å²) in [7, 11) is 2.39. The Bertz CT molecular complexity index is 1080. The molecule has 2 aliphatic heterocycles. The maximum atomic E-state index is 4.10. The fourth-order valence-electron chi connectivity index (χ4n) is 9.42. The minimum Gasteiger partial charge on any atom is -0.311 e. The molecule has 2 heterocycles. The molecule has 192 valence electrons. The van der Waals surface area contributed by atoms with Crippen molar-refractivity contribution in [1.82, 2.24) is 9.80 Å². The fourth-order valence-corrected chi connectivity index (χ4v) is 10.6. The van der Waals surface area contributed by atoms with Gasteiger partial charge in [-0.3, -0.25) is 4.90 Å². The van der Waals surface area contributed by atoms with Crippen LogP contribution < -0.4 is 4.31 Å². The number of likely N-dealkylation sites (N-methyl/N-ethyl adjacent to an activating group) is 1. The molecule has 0 radical (unpaired) electrons. The fraction of sp³-hybridized carbons (Fsp3) is 0.625. The number of likely N-dealkylation sites (tertiary alicyclic amines) is 1. The molecule has 2 aromatic carbocycles. The lowest BCUT2D eigenvalue weighted by Crippen LogP contribution is -2.60.